The summed E-state index contributed by atoms with van der Waals surface area (Å²) in [6, 6.07) is 0.725. The Bertz CT molecular complexity index is 212. The van der Waals surface area contributed by atoms with Gasteiger partial charge in [0.05, 0.1) is 0 Å². The number of nitrogens with one attached hydrogen (secondary N) is 1. The van der Waals surface area contributed by atoms with Crippen molar-refractivity contribution in [3.05, 3.63) is 0 Å². The van der Waals surface area contributed by atoms with E-state index in [4.69, 9.17) is 0 Å². The van der Waals surface area contributed by atoms with E-state index in [0.29, 0.717) is 0 Å². The molecule has 66 valence electrons. The molecule has 3 heteroatoms. The molecule has 0 aromatic heterocycles. The largest absolute Gasteiger partial charge is 0.314 e. The first-order valence-corrected chi connectivity index (χ1v) is 5.08. The lowest BCUT2D eigenvalue weighted by Crippen LogP contribution is -2.36. The lowest BCUT2D eigenvalue weighted by atomic mass is 9.91. The Kier molecular flexibility index (Phi) is 1.33. The van der Waals surface area contributed by atoms with Crippen LogP contribution in [0.3, 0.4) is 0 Å². The summed E-state index contributed by atoms with van der Waals surface area (Å²) < 4.78 is 0. The van der Waals surface area contributed by atoms with Crippen LogP contribution in [0.15, 0.2) is 10.2 Å². The van der Waals surface area contributed by atoms with Crippen LogP contribution in [0.25, 0.3) is 0 Å². The van der Waals surface area contributed by atoms with Crippen molar-refractivity contribution in [1.82, 2.24) is 5.32 Å². The van der Waals surface area contributed by atoms with Crippen LogP contribution in [0, 0.1) is 5.92 Å². The van der Waals surface area contributed by atoms with E-state index in [1.807, 2.05) is 0 Å². The summed E-state index contributed by atoms with van der Waals surface area (Å²) in [6.45, 7) is 1.21. The molecule has 3 aliphatic rings. The van der Waals surface area contributed by atoms with E-state index >= 15 is 0 Å². The molecule has 3 rings (SSSR count). The fourth-order valence-electron chi connectivity index (χ4n) is 2.89. The molecule has 0 amide bonds. The number of hydrogen-bond acceptors (Lipinski definition) is 3. The Morgan fingerprint density at radius 2 is 2.08 bits per heavy atom. The van der Waals surface area contributed by atoms with E-state index in [1.165, 1.54) is 38.6 Å². The van der Waals surface area contributed by atoms with Crippen molar-refractivity contribution in [2.45, 2.75) is 43.8 Å². The Labute approximate surface area is 72.6 Å². The number of rotatable bonds is 1. The van der Waals surface area contributed by atoms with Gasteiger partial charge >= 0.3 is 0 Å². The van der Waals surface area contributed by atoms with Gasteiger partial charge in [-0.15, -0.1) is 0 Å². The van der Waals surface area contributed by atoms with Gasteiger partial charge in [-0.2, -0.15) is 10.2 Å². The molecule has 2 atom stereocenters. The van der Waals surface area contributed by atoms with Crippen molar-refractivity contribution >= 4 is 0 Å². The number of nitrogens with zero attached hydrogens (tertiary/aromatic N) is 2. The molecule has 1 spiro atoms. The maximum Gasteiger partial charge on any atom is 0.195 e. The highest BCUT2D eigenvalue weighted by Gasteiger charge is 2.54. The predicted octanol–water partition coefficient (Wildman–Crippen LogP) is 1.70. The molecule has 2 unspecified atom stereocenters. The fourth-order valence-corrected chi connectivity index (χ4v) is 2.89. The Morgan fingerprint density at radius 1 is 1.17 bits per heavy atom. The first kappa shape index (κ1) is 7.01. The first-order valence-electron chi connectivity index (χ1n) is 5.08. The maximum absolute atomic E-state index is 4.24. The van der Waals surface area contributed by atoms with E-state index in [0.717, 1.165) is 12.0 Å². The third-order valence-electron chi connectivity index (χ3n) is 3.59. The second kappa shape index (κ2) is 2.28. The van der Waals surface area contributed by atoms with Crippen LogP contribution in [0.4, 0.5) is 0 Å². The summed E-state index contributed by atoms with van der Waals surface area (Å²) in [4.78, 5) is 0. The second-order valence-electron chi connectivity index (χ2n) is 4.28. The van der Waals surface area contributed by atoms with Gasteiger partial charge in [0, 0.05) is 12.0 Å². The maximum atomic E-state index is 4.24. The molecule has 2 aliphatic heterocycles. The zero-order valence-corrected chi connectivity index (χ0v) is 7.29. The van der Waals surface area contributed by atoms with E-state index in [9.17, 15) is 0 Å². The molecule has 1 aliphatic carbocycles. The highest BCUT2D eigenvalue weighted by molar-refractivity contribution is 5.07. The van der Waals surface area contributed by atoms with Crippen LogP contribution in [0.2, 0.25) is 0 Å². The SMILES string of the molecule is C1CNC(C2CCCC23N=N3)C1. The van der Waals surface area contributed by atoms with Crippen LogP contribution in [-0.2, 0) is 0 Å². The summed E-state index contributed by atoms with van der Waals surface area (Å²) in [5.41, 5.74) is 0.113. The van der Waals surface area contributed by atoms with Gasteiger partial charge in [0.25, 0.3) is 0 Å². The smallest absolute Gasteiger partial charge is 0.195 e. The minimum atomic E-state index is 0.113. The summed E-state index contributed by atoms with van der Waals surface area (Å²) in [5, 5.41) is 12.1. The lowest BCUT2D eigenvalue weighted by Gasteiger charge is -2.21. The zero-order valence-electron chi connectivity index (χ0n) is 7.29. The van der Waals surface area contributed by atoms with E-state index in [1.54, 1.807) is 0 Å². The molecule has 0 aromatic carbocycles. The third-order valence-corrected chi connectivity index (χ3v) is 3.59. The van der Waals surface area contributed by atoms with E-state index in [-0.39, 0.29) is 5.66 Å². The van der Waals surface area contributed by atoms with Gasteiger partial charge in [-0.1, -0.05) is 0 Å². The van der Waals surface area contributed by atoms with Crippen molar-refractivity contribution in [3.63, 3.8) is 0 Å². The average molecular weight is 165 g/mol. The quantitative estimate of drug-likeness (QED) is 0.630. The molecule has 3 nitrogen and oxygen atoms in total. The normalized spacial score (nSPS) is 42.7. The molecule has 0 radical (unpaired) electrons. The molecular weight excluding hydrogens is 150 g/mol. The van der Waals surface area contributed by atoms with Crippen LogP contribution in [-0.4, -0.2) is 18.2 Å². The molecular formula is C9H15N3. The van der Waals surface area contributed by atoms with Gasteiger partial charge in [0.15, 0.2) is 5.66 Å². The molecule has 1 N–H and O–H groups in total. The minimum Gasteiger partial charge on any atom is -0.314 e. The van der Waals surface area contributed by atoms with Crippen molar-refractivity contribution < 1.29 is 0 Å². The van der Waals surface area contributed by atoms with Crippen molar-refractivity contribution in [2.24, 2.45) is 16.1 Å². The summed E-state index contributed by atoms with van der Waals surface area (Å²) in [5.74, 6) is 0.736. The van der Waals surface area contributed by atoms with E-state index in [2.05, 4.69) is 15.5 Å². The van der Waals surface area contributed by atoms with Gasteiger partial charge in [-0.3, -0.25) is 0 Å². The van der Waals surface area contributed by atoms with Crippen molar-refractivity contribution in [2.75, 3.05) is 6.54 Å². The van der Waals surface area contributed by atoms with Crippen LogP contribution < -0.4 is 5.32 Å². The molecule has 0 aromatic rings. The van der Waals surface area contributed by atoms with Gasteiger partial charge in [-0.05, 0) is 38.6 Å². The highest BCUT2D eigenvalue weighted by Crippen LogP contribution is 2.50. The lowest BCUT2D eigenvalue weighted by molar-refractivity contribution is 0.331. The van der Waals surface area contributed by atoms with E-state index < -0.39 is 0 Å². The average Bonchev–Trinajstić information content (AvgIpc) is 2.51. The standard InChI is InChI=1S/C9H15N3/c1-3-7(8-4-2-6-10-8)9(5-1)11-12-9/h7-8,10H,1-6H2. The molecule has 12 heavy (non-hydrogen) atoms. The molecule has 0 bridgehead atoms. The molecule has 2 fully saturated rings. The summed E-state index contributed by atoms with van der Waals surface area (Å²) >= 11 is 0. The number of hydrogen-bond donors (Lipinski definition) is 1. The molecule has 2 heterocycles. The van der Waals surface area contributed by atoms with Gasteiger partial charge in [-0.25, -0.2) is 0 Å². The van der Waals surface area contributed by atoms with Gasteiger partial charge < -0.3 is 5.32 Å². The fraction of sp³-hybridized carbons (Fsp3) is 1.00. The topological polar surface area (TPSA) is 36.8 Å². The Hall–Kier alpha value is -0.440. The van der Waals surface area contributed by atoms with Gasteiger partial charge in [0.2, 0.25) is 0 Å². The van der Waals surface area contributed by atoms with Crippen LogP contribution in [0.1, 0.15) is 32.1 Å². The Morgan fingerprint density at radius 3 is 2.75 bits per heavy atom. The molecule has 1 saturated carbocycles. The zero-order chi connectivity index (χ0) is 8.02. The van der Waals surface area contributed by atoms with Crippen LogP contribution in [0.5, 0.6) is 0 Å². The van der Waals surface area contributed by atoms with Crippen LogP contribution >= 0.6 is 0 Å². The molecule has 1 saturated heterocycles. The van der Waals surface area contributed by atoms with Gasteiger partial charge in [0.1, 0.15) is 0 Å². The minimum absolute atomic E-state index is 0.113. The second-order valence-corrected chi connectivity index (χ2v) is 4.28. The first-order chi connectivity index (χ1) is 5.91. The summed E-state index contributed by atoms with van der Waals surface area (Å²) in [6.07, 6.45) is 6.57. The van der Waals surface area contributed by atoms with Crippen molar-refractivity contribution in [1.29, 1.82) is 0 Å². The monoisotopic (exact) mass is 165 g/mol. The van der Waals surface area contributed by atoms with Crippen molar-refractivity contribution in [3.8, 4) is 0 Å². The third kappa shape index (κ3) is 0.859. The Balaban J connectivity index is 1.74. The summed E-state index contributed by atoms with van der Waals surface area (Å²) in [7, 11) is 0. The highest BCUT2D eigenvalue weighted by atomic mass is 15.5. The predicted molar refractivity (Wildman–Crippen MR) is 46.0 cm³/mol.